The number of benzene rings is 1. The van der Waals surface area contributed by atoms with Crippen molar-refractivity contribution in [1.29, 1.82) is 0 Å². The molecule has 1 unspecified atom stereocenters. The Kier molecular flexibility index (Phi) is 5.02. The van der Waals surface area contributed by atoms with Crippen LogP contribution in [0.4, 0.5) is 13.2 Å². The van der Waals surface area contributed by atoms with E-state index in [0.29, 0.717) is 6.92 Å². The van der Waals surface area contributed by atoms with Gasteiger partial charge in [-0.3, -0.25) is 0 Å². The first-order valence-electron chi connectivity index (χ1n) is 7.34. The molecule has 0 heterocycles. The Morgan fingerprint density at radius 3 is 1.35 bits per heavy atom. The molecule has 1 atom stereocenters. The third-order valence-corrected chi connectivity index (χ3v) is 2.84. The Balaban J connectivity index is 3.40. The van der Waals surface area contributed by atoms with Crippen molar-refractivity contribution in [2.24, 2.45) is 0 Å². The average Bonchev–Trinajstić information content (AvgIpc) is 2.21. The smallest absolute Gasteiger partial charge is 0.421 e. The lowest BCUT2D eigenvalue weighted by Gasteiger charge is -2.30. The number of aliphatic hydroxyl groups is 1. The number of rotatable bonds is 3. The van der Waals surface area contributed by atoms with Crippen molar-refractivity contribution in [2.45, 2.75) is 71.4 Å². The quantitative estimate of drug-likeness (QED) is 0.862. The first-order valence-corrected chi connectivity index (χ1v) is 7.34. The van der Waals surface area contributed by atoms with Crippen LogP contribution in [0.25, 0.3) is 0 Å². The van der Waals surface area contributed by atoms with Crippen LogP contribution in [0.3, 0.4) is 0 Å². The zero-order chi connectivity index (χ0) is 18.3. The van der Waals surface area contributed by atoms with Crippen LogP contribution in [0.1, 0.15) is 54.0 Å². The summed E-state index contributed by atoms with van der Waals surface area (Å²) in [6.45, 7) is 11.4. The van der Waals surface area contributed by atoms with Crippen molar-refractivity contribution >= 4 is 0 Å². The normalized spacial score (nSPS) is 16.0. The summed E-state index contributed by atoms with van der Waals surface area (Å²) in [6, 6.07) is 3.90. The summed E-state index contributed by atoms with van der Waals surface area (Å²) < 4.78 is 50.7. The second-order valence-electron chi connectivity index (χ2n) is 7.69. The molecule has 0 radical (unpaired) electrons. The van der Waals surface area contributed by atoms with Gasteiger partial charge in [0, 0.05) is 6.07 Å². The van der Waals surface area contributed by atoms with Crippen molar-refractivity contribution in [1.82, 2.24) is 0 Å². The Labute approximate surface area is 135 Å². The van der Waals surface area contributed by atoms with Crippen LogP contribution in [0.15, 0.2) is 18.2 Å². The maximum atomic E-state index is 13.1. The molecule has 0 fully saturated rings. The molecular formula is C17H25F3O3. The summed E-state index contributed by atoms with van der Waals surface area (Å²) in [4.78, 5) is 0. The third-order valence-electron chi connectivity index (χ3n) is 2.84. The van der Waals surface area contributed by atoms with Crippen LogP contribution in [-0.4, -0.2) is 22.5 Å². The van der Waals surface area contributed by atoms with E-state index in [4.69, 9.17) is 9.47 Å². The molecule has 3 nitrogen and oxygen atoms in total. The molecule has 0 aliphatic heterocycles. The highest BCUT2D eigenvalue weighted by Gasteiger charge is 2.51. The SMILES string of the molecule is CC(C)(C)Oc1cc(OC(C)(C)C)cc(C(C)(O)C(F)(F)F)c1. The van der Waals surface area contributed by atoms with Crippen molar-refractivity contribution in [3.63, 3.8) is 0 Å². The van der Waals surface area contributed by atoms with E-state index >= 15 is 0 Å². The minimum absolute atomic E-state index is 0.207. The number of halogens is 3. The fourth-order valence-electron chi connectivity index (χ4n) is 1.84. The van der Waals surface area contributed by atoms with Crippen molar-refractivity contribution in [3.8, 4) is 11.5 Å². The van der Waals surface area contributed by atoms with Gasteiger partial charge in [-0.15, -0.1) is 0 Å². The summed E-state index contributed by atoms with van der Waals surface area (Å²) in [7, 11) is 0. The molecule has 0 saturated heterocycles. The fraction of sp³-hybridized carbons (Fsp3) is 0.647. The summed E-state index contributed by atoms with van der Waals surface area (Å²) in [5.74, 6) is 0.414. The van der Waals surface area contributed by atoms with E-state index in [1.807, 2.05) is 0 Å². The molecule has 6 heteroatoms. The molecule has 0 saturated carbocycles. The van der Waals surface area contributed by atoms with Crippen LogP contribution in [0.2, 0.25) is 0 Å². The predicted molar refractivity (Wildman–Crippen MR) is 82.8 cm³/mol. The lowest BCUT2D eigenvalue weighted by molar-refractivity contribution is -0.258. The lowest BCUT2D eigenvalue weighted by Crippen LogP contribution is -2.39. The first kappa shape index (κ1) is 19.6. The van der Waals surface area contributed by atoms with E-state index in [9.17, 15) is 18.3 Å². The molecule has 1 N–H and O–H groups in total. The highest BCUT2D eigenvalue weighted by atomic mass is 19.4. The summed E-state index contributed by atoms with van der Waals surface area (Å²) in [6.07, 6.45) is -4.81. The van der Waals surface area contributed by atoms with Gasteiger partial charge in [-0.25, -0.2) is 0 Å². The van der Waals surface area contributed by atoms with Gasteiger partial charge >= 0.3 is 6.18 Å². The topological polar surface area (TPSA) is 38.7 Å². The molecule has 0 amide bonds. The van der Waals surface area contributed by atoms with E-state index in [1.165, 1.54) is 18.2 Å². The number of ether oxygens (including phenoxy) is 2. The number of alkyl halides is 3. The molecule has 23 heavy (non-hydrogen) atoms. The number of hydrogen-bond acceptors (Lipinski definition) is 3. The largest absolute Gasteiger partial charge is 0.488 e. The number of hydrogen-bond donors (Lipinski definition) is 1. The zero-order valence-electron chi connectivity index (χ0n) is 14.6. The Morgan fingerprint density at radius 2 is 1.09 bits per heavy atom. The summed E-state index contributed by atoms with van der Waals surface area (Å²) in [5.41, 5.74) is -4.52. The summed E-state index contributed by atoms with van der Waals surface area (Å²) >= 11 is 0. The molecule has 1 rings (SSSR count). The molecule has 0 spiro atoms. The van der Waals surface area contributed by atoms with Gasteiger partial charge in [0.2, 0.25) is 0 Å². The minimum atomic E-state index is -4.81. The summed E-state index contributed by atoms with van der Waals surface area (Å²) in [5, 5.41) is 9.93. The molecule has 0 aliphatic carbocycles. The van der Waals surface area contributed by atoms with Gasteiger partial charge in [-0.1, -0.05) is 0 Å². The predicted octanol–water partition coefficient (Wildman–Crippen LogP) is 4.81. The van der Waals surface area contributed by atoms with Crippen LogP contribution in [0.5, 0.6) is 11.5 Å². The third kappa shape index (κ3) is 5.61. The maximum absolute atomic E-state index is 13.1. The van der Waals surface area contributed by atoms with Crippen molar-refractivity contribution < 1.29 is 27.8 Å². The van der Waals surface area contributed by atoms with Gasteiger partial charge in [-0.2, -0.15) is 13.2 Å². The van der Waals surface area contributed by atoms with E-state index in [-0.39, 0.29) is 17.1 Å². The monoisotopic (exact) mass is 334 g/mol. The molecule has 0 aromatic heterocycles. The molecule has 132 valence electrons. The van der Waals surface area contributed by atoms with Gasteiger partial charge in [0.05, 0.1) is 0 Å². The molecular weight excluding hydrogens is 309 g/mol. The van der Waals surface area contributed by atoms with Crippen LogP contribution < -0.4 is 9.47 Å². The fourth-order valence-corrected chi connectivity index (χ4v) is 1.84. The van der Waals surface area contributed by atoms with Crippen LogP contribution in [-0.2, 0) is 5.60 Å². The van der Waals surface area contributed by atoms with E-state index in [2.05, 4.69) is 0 Å². The van der Waals surface area contributed by atoms with Crippen LogP contribution in [0, 0.1) is 0 Å². The molecule has 1 aromatic carbocycles. The molecule has 0 bridgehead atoms. The van der Waals surface area contributed by atoms with Gasteiger partial charge in [-0.05, 0) is 66.2 Å². The lowest BCUT2D eigenvalue weighted by atomic mass is 9.94. The maximum Gasteiger partial charge on any atom is 0.421 e. The second kappa shape index (κ2) is 5.89. The van der Waals surface area contributed by atoms with Crippen molar-refractivity contribution in [2.75, 3.05) is 0 Å². The van der Waals surface area contributed by atoms with Gasteiger partial charge < -0.3 is 14.6 Å². The Bertz CT molecular complexity index is 515. The Morgan fingerprint density at radius 1 is 0.739 bits per heavy atom. The first-order chi connectivity index (χ1) is 10.0. The minimum Gasteiger partial charge on any atom is -0.488 e. The van der Waals surface area contributed by atoms with Gasteiger partial charge in [0.1, 0.15) is 22.7 Å². The highest BCUT2D eigenvalue weighted by molar-refractivity contribution is 5.42. The average molecular weight is 334 g/mol. The van der Waals surface area contributed by atoms with Gasteiger partial charge in [0.25, 0.3) is 0 Å². The van der Waals surface area contributed by atoms with E-state index in [0.717, 1.165) is 0 Å². The second-order valence-corrected chi connectivity index (χ2v) is 7.69. The highest BCUT2D eigenvalue weighted by Crippen LogP contribution is 2.41. The molecule has 0 aliphatic rings. The van der Waals surface area contributed by atoms with Crippen molar-refractivity contribution in [3.05, 3.63) is 23.8 Å². The molecule has 1 aromatic rings. The zero-order valence-corrected chi connectivity index (χ0v) is 14.6. The van der Waals surface area contributed by atoms with Gasteiger partial charge in [0.15, 0.2) is 5.60 Å². The van der Waals surface area contributed by atoms with Crippen LogP contribution >= 0.6 is 0 Å². The Hall–Kier alpha value is -1.43. The van der Waals surface area contributed by atoms with E-state index < -0.39 is 23.0 Å². The standard InChI is InChI=1S/C17H25F3O3/c1-14(2,3)22-12-8-11(16(7,21)17(18,19)20)9-13(10-12)23-15(4,5)6/h8-10,21H,1-7H3. The van der Waals surface area contributed by atoms with E-state index in [1.54, 1.807) is 41.5 Å².